The predicted octanol–water partition coefficient (Wildman–Crippen LogP) is 4.27. The predicted molar refractivity (Wildman–Crippen MR) is 129 cm³/mol. The molecule has 2 aliphatic rings. The van der Waals surface area contributed by atoms with Crippen LogP contribution in [-0.2, 0) is 9.59 Å². The first-order valence-corrected chi connectivity index (χ1v) is 11.6. The number of carbonyl (C=O) groups excluding carboxylic acids is 3. The van der Waals surface area contributed by atoms with Gasteiger partial charge in [-0.25, -0.2) is 4.90 Å². The lowest BCUT2D eigenvalue weighted by molar-refractivity contribution is -0.384. The number of ether oxygens (including phenoxy) is 1. The molecule has 4 rings (SSSR count). The number of non-ortho nitro benzene ring substituents is 1. The van der Waals surface area contributed by atoms with Crippen molar-refractivity contribution in [3.8, 4) is 5.75 Å². The van der Waals surface area contributed by atoms with Crippen molar-refractivity contribution in [1.29, 1.82) is 0 Å². The molecule has 1 fully saturated rings. The van der Waals surface area contributed by atoms with Crippen molar-refractivity contribution in [2.75, 3.05) is 18.6 Å². The van der Waals surface area contributed by atoms with Gasteiger partial charge in [0, 0.05) is 24.2 Å². The van der Waals surface area contributed by atoms with Gasteiger partial charge in [-0.05, 0) is 68.5 Å². The molecular formula is C26H27N3O6. The van der Waals surface area contributed by atoms with E-state index in [0.29, 0.717) is 17.9 Å². The van der Waals surface area contributed by atoms with Gasteiger partial charge >= 0.3 is 0 Å². The third kappa shape index (κ3) is 5.24. The molecule has 1 heterocycles. The third-order valence-electron chi connectivity index (χ3n) is 6.47. The minimum absolute atomic E-state index is 0.122. The number of allylic oxidation sites excluding steroid dienone is 1. The van der Waals surface area contributed by atoms with Crippen LogP contribution < -0.4 is 9.64 Å². The number of anilines is 1. The molecule has 0 bridgehead atoms. The minimum atomic E-state index is -0.948. The van der Waals surface area contributed by atoms with Gasteiger partial charge in [-0.2, -0.15) is 0 Å². The van der Waals surface area contributed by atoms with E-state index in [4.69, 9.17) is 4.74 Å². The Balaban J connectivity index is 1.60. The fraction of sp³-hybridized carbons (Fsp3) is 0.346. The summed E-state index contributed by atoms with van der Waals surface area (Å²) in [4.78, 5) is 52.8. The molecule has 35 heavy (non-hydrogen) atoms. The van der Waals surface area contributed by atoms with Crippen molar-refractivity contribution in [1.82, 2.24) is 4.90 Å². The molecule has 0 spiro atoms. The number of benzene rings is 2. The van der Waals surface area contributed by atoms with Gasteiger partial charge in [0.25, 0.3) is 17.5 Å². The Labute approximate surface area is 203 Å². The summed E-state index contributed by atoms with van der Waals surface area (Å²) in [5.41, 5.74) is 1.76. The van der Waals surface area contributed by atoms with Crippen LogP contribution in [0.5, 0.6) is 5.75 Å². The van der Waals surface area contributed by atoms with Crippen molar-refractivity contribution in [2.45, 2.75) is 44.6 Å². The molecule has 1 aliphatic carbocycles. The van der Waals surface area contributed by atoms with Crippen LogP contribution in [-0.4, -0.2) is 47.2 Å². The van der Waals surface area contributed by atoms with Crippen molar-refractivity contribution in [3.63, 3.8) is 0 Å². The average Bonchev–Trinajstić information content (AvgIpc) is 3.18. The highest BCUT2D eigenvalue weighted by Crippen LogP contribution is 2.29. The van der Waals surface area contributed by atoms with E-state index >= 15 is 0 Å². The molecule has 182 valence electrons. The van der Waals surface area contributed by atoms with Crippen LogP contribution in [0.25, 0.3) is 0 Å². The zero-order valence-corrected chi connectivity index (χ0v) is 19.5. The number of hydrogen-bond donors (Lipinski definition) is 0. The molecule has 2 aromatic carbocycles. The maximum absolute atomic E-state index is 13.5. The van der Waals surface area contributed by atoms with Crippen LogP contribution in [0.1, 0.15) is 48.9 Å². The van der Waals surface area contributed by atoms with E-state index in [1.54, 1.807) is 24.3 Å². The number of carbonyl (C=O) groups is 3. The molecule has 9 heteroatoms. The SMILES string of the molecule is COc1ccc(N2C(=O)CC(N(CCC3=CCCCC3)C(=O)c3ccc([N+](=O)[O-])cc3)C2=O)cc1. The zero-order chi connectivity index (χ0) is 24.9. The molecule has 9 nitrogen and oxygen atoms in total. The third-order valence-corrected chi connectivity index (χ3v) is 6.47. The fourth-order valence-corrected chi connectivity index (χ4v) is 4.55. The summed E-state index contributed by atoms with van der Waals surface area (Å²) in [5.74, 6) is -0.684. The Morgan fingerprint density at radius 2 is 1.83 bits per heavy atom. The molecule has 1 aliphatic heterocycles. The first-order chi connectivity index (χ1) is 16.9. The molecular weight excluding hydrogens is 450 g/mol. The summed E-state index contributed by atoms with van der Waals surface area (Å²) < 4.78 is 5.15. The summed E-state index contributed by atoms with van der Waals surface area (Å²) in [5, 5.41) is 11.0. The van der Waals surface area contributed by atoms with Gasteiger partial charge in [0.05, 0.1) is 24.1 Å². The second kappa shape index (κ2) is 10.5. The number of methoxy groups -OCH3 is 1. The van der Waals surface area contributed by atoms with Gasteiger partial charge in [0.15, 0.2) is 0 Å². The van der Waals surface area contributed by atoms with Gasteiger partial charge in [0.1, 0.15) is 11.8 Å². The highest BCUT2D eigenvalue weighted by molar-refractivity contribution is 6.23. The van der Waals surface area contributed by atoms with E-state index in [9.17, 15) is 24.5 Å². The molecule has 1 unspecified atom stereocenters. The van der Waals surface area contributed by atoms with Crippen molar-refractivity contribution in [2.24, 2.45) is 0 Å². The molecule has 2 aromatic rings. The monoisotopic (exact) mass is 477 g/mol. The number of nitro benzene ring substituents is 1. The van der Waals surface area contributed by atoms with E-state index in [1.165, 1.54) is 41.8 Å². The van der Waals surface area contributed by atoms with Gasteiger partial charge in [0.2, 0.25) is 5.91 Å². The lowest BCUT2D eigenvalue weighted by atomic mass is 9.96. The maximum atomic E-state index is 13.5. The first kappa shape index (κ1) is 24.1. The van der Waals surface area contributed by atoms with E-state index in [0.717, 1.165) is 30.6 Å². The number of hydrogen-bond acceptors (Lipinski definition) is 6. The van der Waals surface area contributed by atoms with E-state index in [-0.39, 0.29) is 30.1 Å². The lowest BCUT2D eigenvalue weighted by Gasteiger charge is -2.28. The molecule has 0 N–H and O–H groups in total. The van der Waals surface area contributed by atoms with E-state index < -0.39 is 22.8 Å². The first-order valence-electron chi connectivity index (χ1n) is 11.6. The largest absolute Gasteiger partial charge is 0.497 e. The molecule has 3 amide bonds. The van der Waals surface area contributed by atoms with Crippen LogP contribution in [0, 0.1) is 10.1 Å². The average molecular weight is 478 g/mol. The Morgan fingerprint density at radius 1 is 1.11 bits per heavy atom. The van der Waals surface area contributed by atoms with E-state index in [2.05, 4.69) is 6.08 Å². The molecule has 1 atom stereocenters. The van der Waals surface area contributed by atoms with Gasteiger partial charge < -0.3 is 9.64 Å². The van der Waals surface area contributed by atoms with Crippen LogP contribution in [0.2, 0.25) is 0 Å². The van der Waals surface area contributed by atoms with Gasteiger partial charge in [-0.3, -0.25) is 24.5 Å². The van der Waals surface area contributed by atoms with Crippen LogP contribution >= 0.6 is 0 Å². The maximum Gasteiger partial charge on any atom is 0.269 e. The number of nitro groups is 1. The number of amides is 3. The van der Waals surface area contributed by atoms with Gasteiger partial charge in [-0.15, -0.1) is 0 Å². The van der Waals surface area contributed by atoms with E-state index in [1.807, 2.05) is 0 Å². The lowest BCUT2D eigenvalue weighted by Crippen LogP contribution is -2.46. The minimum Gasteiger partial charge on any atom is -0.497 e. The smallest absolute Gasteiger partial charge is 0.269 e. The summed E-state index contributed by atoms with van der Waals surface area (Å²) in [6.45, 7) is 0.280. The Bertz CT molecular complexity index is 1160. The summed E-state index contributed by atoms with van der Waals surface area (Å²) in [7, 11) is 1.53. The number of nitrogens with zero attached hydrogens (tertiary/aromatic N) is 3. The highest BCUT2D eigenvalue weighted by Gasteiger charge is 2.44. The van der Waals surface area contributed by atoms with Crippen LogP contribution in [0.15, 0.2) is 60.2 Å². The quantitative estimate of drug-likeness (QED) is 0.243. The normalized spacial score (nSPS) is 17.8. The number of imide groups is 1. The Morgan fingerprint density at radius 3 is 2.43 bits per heavy atom. The zero-order valence-electron chi connectivity index (χ0n) is 19.5. The second-order valence-corrected chi connectivity index (χ2v) is 8.65. The number of rotatable bonds is 8. The topological polar surface area (TPSA) is 110 Å². The van der Waals surface area contributed by atoms with Crippen molar-refractivity contribution < 1.29 is 24.0 Å². The summed E-state index contributed by atoms with van der Waals surface area (Å²) >= 11 is 0. The van der Waals surface area contributed by atoms with Crippen molar-refractivity contribution >= 4 is 29.1 Å². The standard InChI is InChI=1S/C26H27N3O6/c1-35-22-13-11-20(12-14-22)28-24(30)17-23(26(28)32)27(16-15-18-5-3-2-4-6-18)25(31)19-7-9-21(10-8-19)29(33)34/h5,7-14,23H,2-4,6,15-17H2,1H3. The van der Waals surface area contributed by atoms with Gasteiger partial charge in [-0.1, -0.05) is 11.6 Å². The van der Waals surface area contributed by atoms with Crippen molar-refractivity contribution in [3.05, 3.63) is 75.9 Å². The molecule has 0 saturated carbocycles. The molecule has 0 radical (unpaired) electrons. The fourth-order valence-electron chi connectivity index (χ4n) is 4.55. The highest BCUT2D eigenvalue weighted by atomic mass is 16.6. The molecule has 1 saturated heterocycles. The molecule has 0 aromatic heterocycles. The second-order valence-electron chi connectivity index (χ2n) is 8.65. The summed E-state index contributed by atoms with van der Waals surface area (Å²) in [6.07, 6.45) is 6.85. The Kier molecular flexibility index (Phi) is 7.24. The van der Waals surface area contributed by atoms with Crippen LogP contribution in [0.3, 0.4) is 0 Å². The van der Waals surface area contributed by atoms with Crippen LogP contribution in [0.4, 0.5) is 11.4 Å². The Hall–Kier alpha value is -4.01. The summed E-state index contributed by atoms with van der Waals surface area (Å²) in [6, 6.07) is 10.9.